The van der Waals surface area contributed by atoms with Gasteiger partial charge in [0.2, 0.25) is 0 Å². The molecule has 0 heterocycles. The minimum absolute atomic E-state index is 0.230. The van der Waals surface area contributed by atoms with Gasteiger partial charge in [-0.15, -0.1) is 0 Å². The van der Waals surface area contributed by atoms with E-state index in [2.05, 4.69) is 78.0 Å². The highest BCUT2D eigenvalue weighted by Crippen LogP contribution is 2.33. The zero-order chi connectivity index (χ0) is 14.0. The van der Waals surface area contributed by atoms with Gasteiger partial charge in [-0.1, -0.05) is 72.7 Å². The van der Waals surface area contributed by atoms with Crippen molar-refractivity contribution in [3.8, 4) is 0 Å². The second kappa shape index (κ2) is 5.44. The van der Waals surface area contributed by atoms with Gasteiger partial charge in [-0.3, -0.25) is 0 Å². The van der Waals surface area contributed by atoms with E-state index in [4.69, 9.17) is 0 Å². The Morgan fingerprint density at radius 2 is 1.44 bits per heavy atom. The molecule has 1 aromatic rings. The normalized spacial score (nSPS) is 14.6. The van der Waals surface area contributed by atoms with E-state index in [-0.39, 0.29) is 10.8 Å². The molecule has 0 aliphatic rings. The Morgan fingerprint density at radius 3 is 1.78 bits per heavy atom. The van der Waals surface area contributed by atoms with Gasteiger partial charge in [0.1, 0.15) is 0 Å². The van der Waals surface area contributed by atoms with Crippen molar-refractivity contribution >= 4 is 0 Å². The smallest absolute Gasteiger partial charge is 0.0369 e. The molecule has 0 spiro atoms. The molecule has 1 rings (SSSR count). The summed E-state index contributed by atoms with van der Waals surface area (Å²) in [5.74, 6) is 0. The molecule has 0 bridgehead atoms. The fourth-order valence-corrected chi connectivity index (χ4v) is 2.30. The lowest BCUT2D eigenvalue weighted by Gasteiger charge is -2.32. The molecule has 0 saturated carbocycles. The van der Waals surface area contributed by atoms with Crippen LogP contribution in [0, 0.1) is 5.41 Å². The standard InChI is InChI=1S/C17H29N/c1-8-18-15(17(5,6)7)13-9-11-14(12-10-13)16(2,3)4/h9-12,15,18H,8H2,1-7H3. The van der Waals surface area contributed by atoms with E-state index in [9.17, 15) is 0 Å². The Morgan fingerprint density at radius 1 is 0.944 bits per heavy atom. The zero-order valence-electron chi connectivity index (χ0n) is 13.1. The van der Waals surface area contributed by atoms with Gasteiger partial charge in [0.05, 0.1) is 0 Å². The Labute approximate surface area is 113 Å². The van der Waals surface area contributed by atoms with Crippen molar-refractivity contribution < 1.29 is 0 Å². The fraction of sp³-hybridized carbons (Fsp3) is 0.647. The molecular weight excluding hydrogens is 218 g/mol. The predicted molar refractivity (Wildman–Crippen MR) is 81.0 cm³/mol. The van der Waals surface area contributed by atoms with Crippen LogP contribution in [-0.4, -0.2) is 6.54 Å². The monoisotopic (exact) mass is 247 g/mol. The van der Waals surface area contributed by atoms with E-state index in [1.54, 1.807) is 0 Å². The topological polar surface area (TPSA) is 12.0 Å². The van der Waals surface area contributed by atoms with E-state index in [1.165, 1.54) is 11.1 Å². The molecule has 0 aliphatic heterocycles. The van der Waals surface area contributed by atoms with E-state index in [1.807, 2.05) is 0 Å². The van der Waals surface area contributed by atoms with Crippen molar-refractivity contribution in [1.29, 1.82) is 0 Å². The zero-order valence-corrected chi connectivity index (χ0v) is 13.1. The van der Waals surface area contributed by atoms with Crippen LogP contribution in [0.3, 0.4) is 0 Å². The molecule has 0 aliphatic carbocycles. The SMILES string of the molecule is CCNC(c1ccc(C(C)(C)C)cc1)C(C)(C)C. The maximum Gasteiger partial charge on any atom is 0.0369 e. The summed E-state index contributed by atoms with van der Waals surface area (Å²) in [6.45, 7) is 16.8. The van der Waals surface area contributed by atoms with Gasteiger partial charge in [0.25, 0.3) is 0 Å². The molecule has 0 fully saturated rings. The number of hydrogen-bond acceptors (Lipinski definition) is 1. The summed E-state index contributed by atoms with van der Waals surface area (Å²) in [7, 11) is 0. The molecule has 18 heavy (non-hydrogen) atoms. The van der Waals surface area contributed by atoms with E-state index in [0.717, 1.165) is 6.54 Å². The molecule has 0 radical (unpaired) electrons. The highest BCUT2D eigenvalue weighted by molar-refractivity contribution is 5.30. The van der Waals surface area contributed by atoms with Crippen molar-refractivity contribution in [3.05, 3.63) is 35.4 Å². The summed E-state index contributed by atoms with van der Waals surface area (Å²) in [5, 5.41) is 3.60. The second-order valence-corrected chi connectivity index (χ2v) is 7.23. The van der Waals surface area contributed by atoms with Gasteiger partial charge < -0.3 is 5.32 Å². The molecule has 1 nitrogen and oxygen atoms in total. The lowest BCUT2D eigenvalue weighted by Crippen LogP contribution is -2.32. The van der Waals surface area contributed by atoms with Crippen LogP contribution < -0.4 is 5.32 Å². The van der Waals surface area contributed by atoms with Crippen LogP contribution in [0.15, 0.2) is 24.3 Å². The molecule has 102 valence electrons. The molecule has 0 aromatic heterocycles. The van der Waals surface area contributed by atoms with Crippen molar-refractivity contribution in [2.45, 2.75) is 59.9 Å². The van der Waals surface area contributed by atoms with E-state index >= 15 is 0 Å². The molecule has 0 saturated heterocycles. The third-order valence-corrected chi connectivity index (χ3v) is 3.38. The minimum Gasteiger partial charge on any atom is -0.310 e. The van der Waals surface area contributed by atoms with Gasteiger partial charge in [0.15, 0.2) is 0 Å². The van der Waals surface area contributed by atoms with Crippen LogP contribution in [0.5, 0.6) is 0 Å². The highest BCUT2D eigenvalue weighted by Gasteiger charge is 2.25. The summed E-state index contributed by atoms with van der Waals surface area (Å²) < 4.78 is 0. The maximum atomic E-state index is 3.60. The van der Waals surface area contributed by atoms with Gasteiger partial charge in [0, 0.05) is 6.04 Å². The highest BCUT2D eigenvalue weighted by atomic mass is 14.9. The lowest BCUT2D eigenvalue weighted by atomic mass is 9.80. The Kier molecular flexibility index (Phi) is 4.61. The third kappa shape index (κ3) is 3.84. The average molecular weight is 247 g/mol. The van der Waals surface area contributed by atoms with Crippen molar-refractivity contribution in [2.24, 2.45) is 5.41 Å². The van der Waals surface area contributed by atoms with Crippen molar-refractivity contribution in [3.63, 3.8) is 0 Å². The first kappa shape index (κ1) is 15.2. The molecule has 1 aromatic carbocycles. The Balaban J connectivity index is 3.02. The molecular formula is C17H29N. The van der Waals surface area contributed by atoms with Crippen LogP contribution in [-0.2, 0) is 5.41 Å². The van der Waals surface area contributed by atoms with Crippen molar-refractivity contribution in [2.75, 3.05) is 6.54 Å². The van der Waals surface area contributed by atoms with Crippen LogP contribution >= 0.6 is 0 Å². The number of nitrogens with one attached hydrogen (secondary N) is 1. The number of rotatable bonds is 3. The molecule has 1 N–H and O–H groups in total. The summed E-state index contributed by atoms with van der Waals surface area (Å²) >= 11 is 0. The van der Waals surface area contributed by atoms with E-state index < -0.39 is 0 Å². The summed E-state index contributed by atoms with van der Waals surface area (Å²) in [5.41, 5.74) is 3.25. The fourth-order valence-electron chi connectivity index (χ4n) is 2.30. The summed E-state index contributed by atoms with van der Waals surface area (Å²) in [6, 6.07) is 9.51. The molecule has 1 atom stereocenters. The van der Waals surface area contributed by atoms with E-state index in [0.29, 0.717) is 6.04 Å². The average Bonchev–Trinajstić information content (AvgIpc) is 2.23. The second-order valence-electron chi connectivity index (χ2n) is 7.23. The Hall–Kier alpha value is -0.820. The van der Waals surface area contributed by atoms with Gasteiger partial charge in [-0.25, -0.2) is 0 Å². The number of hydrogen-bond donors (Lipinski definition) is 1. The predicted octanol–water partition coefficient (Wildman–Crippen LogP) is 4.68. The maximum absolute atomic E-state index is 3.60. The van der Waals surface area contributed by atoms with Gasteiger partial charge in [-0.2, -0.15) is 0 Å². The van der Waals surface area contributed by atoms with Crippen LogP contribution in [0.25, 0.3) is 0 Å². The van der Waals surface area contributed by atoms with Crippen LogP contribution in [0.1, 0.15) is 65.6 Å². The van der Waals surface area contributed by atoms with Crippen LogP contribution in [0.4, 0.5) is 0 Å². The van der Waals surface area contributed by atoms with Gasteiger partial charge in [-0.05, 0) is 28.5 Å². The quantitative estimate of drug-likeness (QED) is 0.817. The molecule has 1 heteroatoms. The summed E-state index contributed by atoms with van der Waals surface area (Å²) in [4.78, 5) is 0. The summed E-state index contributed by atoms with van der Waals surface area (Å²) in [6.07, 6.45) is 0. The first-order valence-corrected chi connectivity index (χ1v) is 7.00. The first-order chi connectivity index (χ1) is 8.16. The Bertz CT molecular complexity index is 362. The lowest BCUT2D eigenvalue weighted by molar-refractivity contribution is 0.276. The van der Waals surface area contributed by atoms with Gasteiger partial charge >= 0.3 is 0 Å². The third-order valence-electron chi connectivity index (χ3n) is 3.38. The minimum atomic E-state index is 0.230. The number of benzene rings is 1. The first-order valence-electron chi connectivity index (χ1n) is 7.00. The molecule has 1 unspecified atom stereocenters. The molecule has 0 amide bonds. The van der Waals surface area contributed by atoms with Crippen LogP contribution in [0.2, 0.25) is 0 Å². The van der Waals surface area contributed by atoms with Crippen molar-refractivity contribution in [1.82, 2.24) is 5.32 Å². The largest absolute Gasteiger partial charge is 0.310 e.